The maximum Gasteiger partial charge on any atom is 0.124 e. The van der Waals surface area contributed by atoms with Gasteiger partial charge >= 0.3 is 0 Å². The summed E-state index contributed by atoms with van der Waals surface area (Å²) < 4.78 is 136. The van der Waals surface area contributed by atoms with E-state index >= 15 is 0 Å². The minimum atomic E-state index is -4.27. The zero-order chi connectivity index (χ0) is 101. The molecule has 0 heterocycles. The van der Waals surface area contributed by atoms with E-state index in [4.69, 9.17) is 0 Å². The second-order valence-corrected chi connectivity index (χ2v) is 58.7. The Bertz CT molecular complexity index is 3480. The van der Waals surface area contributed by atoms with Gasteiger partial charge in [-0.25, -0.2) is 33.7 Å². The second kappa shape index (κ2) is 79.9. The zero-order valence-corrected chi connectivity index (χ0v) is 99.2. The zero-order valence-electron chi connectivity index (χ0n) is 87.8. The van der Waals surface area contributed by atoms with Crippen molar-refractivity contribution in [3.8, 4) is 0 Å². The van der Waals surface area contributed by atoms with E-state index in [2.05, 4.69) is 329 Å². The molecule has 36 heteroatoms. The van der Waals surface area contributed by atoms with Crippen molar-refractivity contribution < 1.29 is 96.7 Å². The summed E-state index contributed by atoms with van der Waals surface area (Å²) in [6, 6.07) is 23.1. The molecule has 4 aromatic carbocycles. The average molecular weight is 2170 g/mol. The number of benzene rings is 4. The molecule has 0 atom stereocenters. The first-order valence-corrected chi connectivity index (χ1v) is 62.4. The fourth-order valence-electron chi connectivity index (χ4n) is 9.39. The molecule has 0 fully saturated rings. The van der Waals surface area contributed by atoms with Gasteiger partial charge in [-0.1, -0.05) is 100 Å². The summed E-state index contributed by atoms with van der Waals surface area (Å²) in [5.41, 5.74) is 3.71. The summed E-state index contributed by atoms with van der Waals surface area (Å²) in [7, 11) is 42.0. The van der Waals surface area contributed by atoms with Crippen LogP contribution in [-0.4, -0.2) is 487 Å². The van der Waals surface area contributed by atoms with Crippen molar-refractivity contribution in [1.82, 2.24) is 0 Å². The Hall–Kier alpha value is -0.380. The van der Waals surface area contributed by atoms with Gasteiger partial charge in [0.2, 0.25) is 0 Å². The highest BCUT2D eigenvalue weighted by atomic mass is 32.2. The monoisotopic (exact) mass is 2160 g/mol. The normalized spacial score (nSPS) is 12.1. The minimum absolute atomic E-state index is 0. The van der Waals surface area contributed by atoms with Crippen LogP contribution in [0.15, 0.2) is 117 Å². The SMILES string of the molecule is C.C.C.C.CC[N+](C)(CC)CCSCCSCC[N+](C)(CC)CC.C[N+](C)(C)CCCSCCSCCC[N+](C)(C)C.C[N+](C)(C)CCSCCSCCSCC[N+](C)(C)C.C[N+](C)(C)CCSCCSCC[N+](C)(C)C.C[N+](C)(C)CCSCC[N+](C)(C)C.Cc1ccc(S(=O)(=O)[O-])cc1.Cc1ccc(S(=O)(=O)[O-])cc1.Cc1ccc(S(=O)(=O)[O-])cc1.Cc1ccc(S(=O)(=O)[O-])cc1. The molecule has 0 radical (unpaired) electrons. The van der Waals surface area contributed by atoms with Gasteiger partial charge in [0.1, 0.15) is 40.5 Å². The van der Waals surface area contributed by atoms with Crippen LogP contribution >= 0.6 is 118 Å². The number of aryl methyl sites for hydroxylation is 4. The van der Waals surface area contributed by atoms with E-state index in [1.807, 2.05) is 27.7 Å². The predicted octanol–water partition coefficient (Wildman–Crippen LogP) is 17.8. The Morgan fingerprint density at radius 3 is 0.440 bits per heavy atom. The Kier molecular flexibility index (Phi) is 90.2. The van der Waals surface area contributed by atoms with Crippen molar-refractivity contribution >= 4 is 158 Å². The quantitative estimate of drug-likeness (QED) is 0.0227. The highest BCUT2D eigenvalue weighted by Crippen LogP contribution is 2.19. The van der Waals surface area contributed by atoms with Crippen molar-refractivity contribution in [2.45, 2.75) is 118 Å². The standard InChI is InChI=1S/C16H38N2S2.C14H34N2S3.C14H34N2S2.C12H30N2S2.C10H26N2S.4C7H8O3S.4CH4/c1-7-17(5,8-2)11-13-19-15-16-20-14-12-18(6,9-3)10-4;1-15(2,3)7-9-17-11-13-19-14-12-18-10-8-16(4,5)6;1-15(2,3)9-7-11-17-13-14-18-12-8-10-16(4,5)6;1-13(2,3)7-9-15-11-12-16-10-8-14(4,5)6;1-11(2,3)7-9-13-10-8-12(4,5)6;4*1-6-2-4-7(5-3-6)11(8,9)10;;;;/h7-16H2,1-6H3;7-14H2,1-6H3;7-14H2,1-6H3;7-12H2,1-6H3;7-10H2,1-6H3;4*2-5H,1H3,(H,8,9,10);4*1H4/q5*+2;;;;;;;;/p-4. The van der Waals surface area contributed by atoms with Gasteiger partial charge in [0, 0.05) is 116 Å². The third-order valence-corrected chi connectivity index (χ3v) is 33.9. The fourth-order valence-corrected chi connectivity index (χ4v) is 23.9. The smallest absolute Gasteiger partial charge is 0.124 e. The number of hydrogen-bond acceptors (Lipinski definition) is 22. The molecule has 0 bridgehead atoms. The van der Waals surface area contributed by atoms with E-state index in [1.54, 1.807) is 48.5 Å². The lowest BCUT2D eigenvalue weighted by atomic mass is 10.2. The molecule has 0 aromatic heterocycles. The lowest BCUT2D eigenvalue weighted by molar-refractivity contribution is -0.903. The molecule has 0 saturated carbocycles. The average Bonchev–Trinajstić information content (AvgIpc) is 0.874. The molecule has 0 aliphatic rings. The van der Waals surface area contributed by atoms with Crippen LogP contribution in [-0.2, 0) is 40.5 Å². The van der Waals surface area contributed by atoms with Gasteiger partial charge in [-0.2, -0.15) is 118 Å². The number of rotatable bonds is 55. The predicted molar refractivity (Wildman–Crippen MR) is 613 cm³/mol. The van der Waals surface area contributed by atoms with E-state index in [1.165, 1.54) is 277 Å². The summed E-state index contributed by atoms with van der Waals surface area (Å²) in [4.78, 5) is -0.711. The highest BCUT2D eigenvalue weighted by molar-refractivity contribution is 8.05. The largest absolute Gasteiger partial charge is 0.744 e. The second-order valence-electron chi connectivity index (χ2n) is 41.0. The molecule has 4 aromatic rings. The Morgan fingerprint density at radius 1 is 0.194 bits per heavy atom. The van der Waals surface area contributed by atoms with Gasteiger partial charge < -0.3 is 63.0 Å². The van der Waals surface area contributed by atoms with Crippen molar-refractivity contribution in [3.05, 3.63) is 119 Å². The van der Waals surface area contributed by atoms with Gasteiger partial charge in [0.05, 0.1) is 294 Å². The summed E-state index contributed by atoms with van der Waals surface area (Å²) in [5.74, 6) is 26.2. The molecule has 0 unspecified atom stereocenters. The van der Waals surface area contributed by atoms with Gasteiger partial charge in [-0.05, 0) is 115 Å². The molecule has 0 saturated heterocycles. The molecule has 22 nitrogen and oxygen atoms in total. The maximum atomic E-state index is 10.4. The lowest BCUT2D eigenvalue weighted by Crippen LogP contribution is -2.45. The van der Waals surface area contributed by atoms with Crippen LogP contribution in [0.2, 0.25) is 0 Å². The minimum Gasteiger partial charge on any atom is -0.744 e. The highest BCUT2D eigenvalue weighted by Gasteiger charge is 2.19. The van der Waals surface area contributed by atoms with Crippen molar-refractivity contribution in [3.63, 3.8) is 0 Å². The Morgan fingerprint density at radius 2 is 0.313 bits per heavy atom. The van der Waals surface area contributed by atoms with Crippen LogP contribution in [0.1, 0.15) is 92.5 Å². The van der Waals surface area contributed by atoms with Gasteiger partial charge in [-0.3, -0.25) is 0 Å². The molecule has 798 valence electrons. The van der Waals surface area contributed by atoms with Crippen LogP contribution in [0.3, 0.4) is 0 Å². The molecular weight excluding hydrogens is 1960 g/mol. The topological polar surface area (TPSA) is 229 Å². The number of quaternary nitrogens is 10. The summed E-state index contributed by atoms with van der Waals surface area (Å²) in [5, 5.41) is 0. The van der Waals surface area contributed by atoms with Gasteiger partial charge in [-0.15, -0.1) is 0 Å². The van der Waals surface area contributed by atoms with E-state index in [0.29, 0.717) is 0 Å². The number of hydrogen-bond donors (Lipinski definition) is 0. The lowest BCUT2D eigenvalue weighted by Gasteiger charge is -2.32. The van der Waals surface area contributed by atoms with E-state index < -0.39 is 40.5 Å². The molecule has 0 amide bonds. The van der Waals surface area contributed by atoms with Crippen LogP contribution < -0.4 is 0 Å². The van der Waals surface area contributed by atoms with E-state index in [-0.39, 0.29) is 49.3 Å². The van der Waals surface area contributed by atoms with E-state index in [9.17, 15) is 51.9 Å². The van der Waals surface area contributed by atoms with Crippen molar-refractivity contribution in [2.24, 2.45) is 0 Å². The third-order valence-electron chi connectivity index (χ3n) is 19.4. The first kappa shape index (κ1) is 151. The van der Waals surface area contributed by atoms with Crippen LogP contribution in [0, 0.1) is 27.7 Å². The Balaban J connectivity index is -0.000000188. The molecule has 0 aliphatic heterocycles. The van der Waals surface area contributed by atoms with Crippen LogP contribution in [0.25, 0.3) is 0 Å². The van der Waals surface area contributed by atoms with Gasteiger partial charge in [0.25, 0.3) is 0 Å². The number of nitrogens with zero attached hydrogens (tertiary/aromatic N) is 10. The summed E-state index contributed by atoms with van der Waals surface area (Å²) in [6.45, 7) is 34.4. The van der Waals surface area contributed by atoms with Crippen LogP contribution in [0.5, 0.6) is 0 Å². The molecular formula is C98H206N10O12S14+6. The fraction of sp³-hybridized carbons (Fsp3) is 0.755. The van der Waals surface area contributed by atoms with Crippen molar-refractivity contribution in [2.75, 3.05) is 390 Å². The summed E-state index contributed by atoms with van der Waals surface area (Å²) >= 11 is 21.1. The molecule has 0 N–H and O–H groups in total. The Labute approximate surface area is 873 Å². The van der Waals surface area contributed by atoms with Gasteiger partial charge in [0.15, 0.2) is 0 Å². The molecule has 0 aliphatic carbocycles. The number of thioether (sulfide) groups is 10. The van der Waals surface area contributed by atoms with Crippen LogP contribution in [0.4, 0.5) is 0 Å². The molecule has 0 spiro atoms. The maximum absolute atomic E-state index is 10.4. The first-order valence-electron chi connectivity index (χ1n) is 45.3. The third kappa shape index (κ3) is 110. The van der Waals surface area contributed by atoms with E-state index in [0.717, 1.165) is 58.1 Å². The molecule has 4 rings (SSSR count). The van der Waals surface area contributed by atoms with Crippen molar-refractivity contribution in [1.29, 1.82) is 0 Å². The first-order chi connectivity index (χ1) is 59.3. The summed E-state index contributed by atoms with van der Waals surface area (Å²) in [6.07, 6.45) is 2.70. The molecule has 134 heavy (non-hydrogen) atoms.